The lowest BCUT2D eigenvalue weighted by molar-refractivity contribution is 0.0599. The maximum atomic E-state index is 13.0. The van der Waals surface area contributed by atoms with Gasteiger partial charge in [0.05, 0.1) is 18.2 Å². The molecule has 4 aliphatic rings. The molecule has 4 saturated carbocycles. The van der Waals surface area contributed by atoms with Crippen LogP contribution in [0.2, 0.25) is 0 Å². The smallest absolute Gasteiger partial charge is 0.339 e. The quantitative estimate of drug-likeness (QED) is 0.122. The van der Waals surface area contributed by atoms with E-state index in [0.29, 0.717) is 52.3 Å². The number of pyridine rings is 2. The summed E-state index contributed by atoms with van der Waals surface area (Å²) >= 11 is 0. The molecule has 6 atom stereocenters. The summed E-state index contributed by atoms with van der Waals surface area (Å²) in [5.41, 5.74) is 3.28. The Morgan fingerprint density at radius 3 is 1.44 bits per heavy atom. The molecule has 326 valence electrons. The summed E-state index contributed by atoms with van der Waals surface area (Å²) in [6.07, 6.45) is 15.8. The van der Waals surface area contributed by atoms with Crippen LogP contribution < -0.4 is 10.6 Å². The van der Waals surface area contributed by atoms with Crippen LogP contribution in [0.4, 0.5) is 23.5 Å². The monoisotopic (exact) mass is 854 g/mol. The van der Waals surface area contributed by atoms with Gasteiger partial charge in [0.1, 0.15) is 34.3 Å². The summed E-state index contributed by atoms with van der Waals surface area (Å²) in [6.45, 7) is 0. The number of carboxylic acids is 1. The first kappa shape index (κ1) is 41.4. The molecule has 0 aliphatic heterocycles. The van der Waals surface area contributed by atoms with E-state index in [2.05, 4.69) is 39.7 Å². The second-order valence-electron chi connectivity index (χ2n) is 17.5. The topological polar surface area (TPSA) is 215 Å². The van der Waals surface area contributed by atoms with Crippen LogP contribution in [-0.4, -0.2) is 113 Å². The molecule has 4 bridgehead atoms. The van der Waals surface area contributed by atoms with E-state index in [1.165, 1.54) is 64.1 Å². The Kier molecular flexibility index (Phi) is 11.0. The molecule has 0 spiro atoms. The van der Waals surface area contributed by atoms with E-state index in [0.717, 1.165) is 46.7 Å². The number of methoxy groups -OCH3 is 1. The number of aromatic nitrogens is 8. The highest BCUT2D eigenvalue weighted by Crippen LogP contribution is 2.53. The number of carbonyl (C=O) groups excluding carboxylic acids is 3. The molecule has 6 aromatic heterocycles. The SMILES string of the molecule is CN(C)C(=O)c1cc2cnc(Nc3ccc(C(=O)O)cn3)nc2n1[C@@H]1C[C@H]2CC[C@@H]1C2.COC(=O)c1ccc(Nc2ncc3cc(C(=O)N(C)C)n([C@@H]4C[C@H]5CC[C@@H]4C5)c3n2)nc1. The third-order valence-corrected chi connectivity index (χ3v) is 13.1. The van der Waals surface area contributed by atoms with Gasteiger partial charge in [0, 0.05) is 75.8 Å². The molecule has 2 amide bonds. The van der Waals surface area contributed by atoms with Crippen LogP contribution in [0.15, 0.2) is 61.2 Å². The van der Waals surface area contributed by atoms with Crippen molar-refractivity contribution < 1.29 is 29.0 Å². The zero-order valence-corrected chi connectivity index (χ0v) is 35.9. The Labute approximate surface area is 363 Å². The van der Waals surface area contributed by atoms with E-state index in [-0.39, 0.29) is 29.5 Å². The average molecular weight is 855 g/mol. The minimum atomic E-state index is -1.03. The molecular formula is C45H50N12O6. The fraction of sp³-hybridized carbons (Fsp3) is 0.422. The number of aromatic carboxylic acids is 1. The molecule has 4 fully saturated rings. The predicted molar refractivity (Wildman–Crippen MR) is 233 cm³/mol. The summed E-state index contributed by atoms with van der Waals surface area (Å²) in [7, 11) is 8.39. The standard InChI is InChI=1S/C23H26N6O3.C22H24N6O3/c1-28(2)21(30)18-10-16-12-25-23(26-19-7-6-15(11-24-19)22(31)32-3)27-20(16)29(18)17-9-13-4-5-14(17)8-13;1-27(2)20(29)17-9-15-11-24-22(25-18-6-5-14(10-23-18)21(30)31)26-19(15)28(17)16-8-12-3-4-13(16)7-12/h6-7,10-14,17H,4-5,8-9H2,1-3H3,(H,24,25,26,27);5-6,9-13,16H,3-4,7-8H2,1-2H3,(H,30,31)(H,23,24,25,26)/t13-,14+,17+;12-,13+,16+/m00/s1. The third-order valence-electron chi connectivity index (χ3n) is 13.1. The Bertz CT molecular complexity index is 2730. The highest BCUT2D eigenvalue weighted by molar-refractivity contribution is 5.99. The van der Waals surface area contributed by atoms with Crippen molar-refractivity contribution in [2.24, 2.45) is 23.7 Å². The van der Waals surface area contributed by atoms with E-state index < -0.39 is 11.9 Å². The van der Waals surface area contributed by atoms with Gasteiger partial charge < -0.3 is 39.4 Å². The molecule has 0 unspecified atom stereocenters. The molecule has 0 aromatic carbocycles. The molecule has 4 aliphatic carbocycles. The van der Waals surface area contributed by atoms with Gasteiger partial charge in [-0.1, -0.05) is 12.8 Å². The van der Waals surface area contributed by atoms with Crippen LogP contribution >= 0.6 is 0 Å². The number of nitrogens with zero attached hydrogens (tertiary/aromatic N) is 10. The summed E-state index contributed by atoms with van der Waals surface area (Å²) < 4.78 is 8.97. The van der Waals surface area contributed by atoms with E-state index in [4.69, 9.17) is 19.8 Å². The lowest BCUT2D eigenvalue weighted by Crippen LogP contribution is -2.27. The molecule has 0 saturated heterocycles. The van der Waals surface area contributed by atoms with Crippen LogP contribution in [0.25, 0.3) is 22.1 Å². The number of ether oxygens (including phenoxy) is 1. The number of esters is 1. The molecular weight excluding hydrogens is 805 g/mol. The van der Waals surface area contributed by atoms with Gasteiger partial charge in [-0.3, -0.25) is 9.59 Å². The highest BCUT2D eigenvalue weighted by atomic mass is 16.5. The first-order valence-corrected chi connectivity index (χ1v) is 21.3. The molecule has 6 aromatic rings. The minimum Gasteiger partial charge on any atom is -0.478 e. The number of rotatable bonds is 10. The van der Waals surface area contributed by atoms with E-state index in [1.54, 1.807) is 68.6 Å². The molecule has 10 rings (SSSR count). The second kappa shape index (κ2) is 16.7. The summed E-state index contributed by atoms with van der Waals surface area (Å²) in [5, 5.41) is 16.8. The molecule has 18 heteroatoms. The van der Waals surface area contributed by atoms with Crippen molar-refractivity contribution in [3.05, 3.63) is 83.7 Å². The number of carbonyl (C=O) groups is 4. The molecule has 6 heterocycles. The normalized spacial score (nSPS) is 21.9. The Morgan fingerprint density at radius 2 is 1.10 bits per heavy atom. The number of hydrogen-bond donors (Lipinski definition) is 3. The lowest BCUT2D eigenvalue weighted by Gasteiger charge is -2.26. The third kappa shape index (κ3) is 8.00. The number of anilines is 4. The van der Waals surface area contributed by atoms with Gasteiger partial charge in [0.25, 0.3) is 11.8 Å². The predicted octanol–water partition coefficient (Wildman–Crippen LogP) is 6.75. The van der Waals surface area contributed by atoms with Crippen molar-refractivity contribution in [3.63, 3.8) is 0 Å². The van der Waals surface area contributed by atoms with Crippen molar-refractivity contribution >= 4 is 69.4 Å². The maximum Gasteiger partial charge on any atom is 0.339 e. The second-order valence-corrected chi connectivity index (χ2v) is 17.5. The van der Waals surface area contributed by atoms with Gasteiger partial charge in [0.15, 0.2) is 0 Å². The van der Waals surface area contributed by atoms with Gasteiger partial charge in [-0.15, -0.1) is 0 Å². The number of fused-ring (bicyclic) bond motifs is 6. The van der Waals surface area contributed by atoms with Gasteiger partial charge in [-0.05, 0) is 98.6 Å². The van der Waals surface area contributed by atoms with E-state index in [9.17, 15) is 19.2 Å². The van der Waals surface area contributed by atoms with Crippen molar-refractivity contribution in [2.45, 2.75) is 63.5 Å². The zero-order chi connectivity index (χ0) is 44.1. The van der Waals surface area contributed by atoms with Gasteiger partial charge in [0.2, 0.25) is 11.9 Å². The summed E-state index contributed by atoms with van der Waals surface area (Å²) in [5.74, 6) is 2.80. The van der Waals surface area contributed by atoms with Crippen molar-refractivity contribution in [1.82, 2.24) is 48.8 Å². The van der Waals surface area contributed by atoms with Crippen molar-refractivity contribution in [2.75, 3.05) is 45.9 Å². The number of nitrogens with one attached hydrogen (secondary N) is 2. The Balaban J connectivity index is 0.000000160. The van der Waals surface area contributed by atoms with Crippen LogP contribution in [0.1, 0.15) is 105 Å². The Morgan fingerprint density at radius 1 is 0.635 bits per heavy atom. The average Bonchev–Trinajstić information content (AvgIpc) is 4.16. The van der Waals surface area contributed by atoms with Crippen LogP contribution in [0.3, 0.4) is 0 Å². The highest BCUT2D eigenvalue weighted by Gasteiger charge is 2.43. The molecule has 18 nitrogen and oxygen atoms in total. The fourth-order valence-electron chi connectivity index (χ4n) is 10.2. The Hall–Kier alpha value is -6.98. The van der Waals surface area contributed by atoms with Crippen molar-refractivity contribution in [1.29, 1.82) is 0 Å². The molecule has 3 N–H and O–H groups in total. The van der Waals surface area contributed by atoms with Gasteiger partial charge in [-0.2, -0.15) is 9.97 Å². The van der Waals surface area contributed by atoms with Gasteiger partial charge in [-0.25, -0.2) is 29.5 Å². The number of carboxylic acid groups (broad SMARTS) is 1. The fourth-order valence-corrected chi connectivity index (χ4v) is 10.2. The van der Waals surface area contributed by atoms with Gasteiger partial charge >= 0.3 is 11.9 Å². The first-order valence-electron chi connectivity index (χ1n) is 21.3. The number of hydrogen-bond acceptors (Lipinski definition) is 13. The number of amides is 2. The minimum absolute atomic E-state index is 0.0275. The molecule has 63 heavy (non-hydrogen) atoms. The van der Waals surface area contributed by atoms with Crippen LogP contribution in [-0.2, 0) is 4.74 Å². The van der Waals surface area contributed by atoms with E-state index >= 15 is 0 Å². The van der Waals surface area contributed by atoms with Crippen molar-refractivity contribution in [3.8, 4) is 0 Å². The summed E-state index contributed by atoms with van der Waals surface area (Å²) in [6, 6.07) is 10.7. The van der Waals surface area contributed by atoms with E-state index in [1.807, 2.05) is 12.1 Å². The van der Waals surface area contributed by atoms with Crippen LogP contribution in [0.5, 0.6) is 0 Å². The molecule has 0 radical (unpaired) electrons. The largest absolute Gasteiger partial charge is 0.478 e. The van der Waals surface area contributed by atoms with Crippen LogP contribution in [0, 0.1) is 23.7 Å². The summed E-state index contributed by atoms with van der Waals surface area (Å²) in [4.78, 5) is 78.4. The first-order chi connectivity index (χ1) is 30.3. The zero-order valence-electron chi connectivity index (χ0n) is 35.9. The maximum absolute atomic E-state index is 13.0. The lowest BCUT2D eigenvalue weighted by atomic mass is 9.95.